The fraction of sp³-hybridized carbons (Fsp3) is 0.190. The van der Waals surface area contributed by atoms with Crippen molar-refractivity contribution in [2.45, 2.75) is 25.3 Å². The van der Waals surface area contributed by atoms with E-state index in [1.165, 1.54) is 6.07 Å². The van der Waals surface area contributed by atoms with E-state index in [4.69, 9.17) is 11.6 Å². The predicted molar refractivity (Wildman–Crippen MR) is 114 cm³/mol. The molecule has 1 amide bonds. The van der Waals surface area contributed by atoms with Crippen molar-refractivity contribution in [3.8, 4) is 0 Å². The first-order valence-corrected chi connectivity index (χ1v) is 9.92. The molecule has 7 nitrogen and oxygen atoms in total. The van der Waals surface area contributed by atoms with Gasteiger partial charge in [0.15, 0.2) is 5.65 Å². The van der Waals surface area contributed by atoms with Crippen LogP contribution >= 0.6 is 11.6 Å². The molecule has 1 saturated heterocycles. The maximum absolute atomic E-state index is 13.8. The molecule has 0 spiro atoms. The van der Waals surface area contributed by atoms with Crippen LogP contribution in [0.25, 0.3) is 11.7 Å². The Kier molecular flexibility index (Phi) is 4.43. The average molecular weight is 425 g/mol. The van der Waals surface area contributed by atoms with Gasteiger partial charge in [0.2, 0.25) is 5.91 Å². The molecular formula is C21H18ClFN6O. The molecule has 0 bridgehead atoms. The van der Waals surface area contributed by atoms with Gasteiger partial charge in [0.05, 0.1) is 23.3 Å². The molecule has 1 saturated carbocycles. The van der Waals surface area contributed by atoms with Crippen LogP contribution in [-0.4, -0.2) is 26.5 Å². The molecule has 3 heterocycles. The predicted octanol–water partition coefficient (Wildman–Crippen LogP) is 4.26. The van der Waals surface area contributed by atoms with E-state index in [1.807, 2.05) is 12.1 Å². The third kappa shape index (κ3) is 3.50. The average Bonchev–Trinajstić information content (AvgIpc) is 3.34. The Labute approximate surface area is 176 Å². The van der Waals surface area contributed by atoms with Crippen molar-refractivity contribution in [3.05, 3.63) is 64.7 Å². The summed E-state index contributed by atoms with van der Waals surface area (Å²) < 4.78 is 15.6. The lowest BCUT2D eigenvalue weighted by Gasteiger charge is -2.12. The number of amides is 1. The third-order valence-corrected chi connectivity index (χ3v) is 5.39. The van der Waals surface area contributed by atoms with Crippen LogP contribution in [0.2, 0.25) is 5.02 Å². The molecule has 0 radical (unpaired) electrons. The Hall–Kier alpha value is -3.39. The van der Waals surface area contributed by atoms with E-state index < -0.39 is 5.82 Å². The summed E-state index contributed by atoms with van der Waals surface area (Å²) in [7, 11) is 0. The summed E-state index contributed by atoms with van der Waals surface area (Å²) in [6.45, 7) is 3.88. The van der Waals surface area contributed by atoms with Crippen molar-refractivity contribution < 1.29 is 9.18 Å². The van der Waals surface area contributed by atoms with Gasteiger partial charge in [-0.3, -0.25) is 4.79 Å². The maximum atomic E-state index is 13.8. The summed E-state index contributed by atoms with van der Waals surface area (Å²) in [5.74, 6) is 0.667. The van der Waals surface area contributed by atoms with Gasteiger partial charge < -0.3 is 16.0 Å². The van der Waals surface area contributed by atoms with Crippen LogP contribution in [0.15, 0.2) is 48.3 Å². The summed E-state index contributed by atoms with van der Waals surface area (Å²) in [6, 6.07) is 6.77. The number of carbonyl (C=O) groups excluding carboxylic acids is 1. The molecule has 5 rings (SSSR count). The standard InChI is InChI=1S/C21H18ClFN6O/c1-11-12(8-19(30)25-11)7-13-10-24-29-18(26-14-5-6-14)9-17(28-21(13)29)27-16-4-2-3-15(23)20(16)22/h2-4,7,9-10,14,26H,1,5-6,8H2,(H,25,30)(H,27,28)/b12-7+. The number of aromatic nitrogens is 3. The number of benzene rings is 1. The minimum absolute atomic E-state index is 0.00133. The number of nitrogens with one attached hydrogen (secondary N) is 3. The SMILES string of the molecule is C=C1NC(=O)C/C1=C\c1cnn2c(NC3CC3)cc(Nc3cccc(F)c3Cl)nc12. The Morgan fingerprint density at radius 1 is 1.37 bits per heavy atom. The molecule has 0 unspecified atom stereocenters. The molecule has 30 heavy (non-hydrogen) atoms. The summed E-state index contributed by atoms with van der Waals surface area (Å²) in [5.41, 5.74) is 3.13. The summed E-state index contributed by atoms with van der Waals surface area (Å²) in [6.07, 6.45) is 6.00. The molecule has 3 aromatic rings. The van der Waals surface area contributed by atoms with Crippen molar-refractivity contribution in [2.24, 2.45) is 0 Å². The van der Waals surface area contributed by atoms with Gasteiger partial charge >= 0.3 is 0 Å². The van der Waals surface area contributed by atoms with Crippen LogP contribution in [0.3, 0.4) is 0 Å². The van der Waals surface area contributed by atoms with E-state index >= 15 is 0 Å². The highest BCUT2D eigenvalue weighted by molar-refractivity contribution is 6.33. The van der Waals surface area contributed by atoms with E-state index in [9.17, 15) is 9.18 Å². The number of hydrogen-bond acceptors (Lipinski definition) is 5. The van der Waals surface area contributed by atoms with Gasteiger partial charge in [-0.15, -0.1) is 0 Å². The van der Waals surface area contributed by atoms with Crippen LogP contribution in [0.1, 0.15) is 24.8 Å². The first kappa shape index (κ1) is 18.6. The van der Waals surface area contributed by atoms with Crippen LogP contribution in [0.5, 0.6) is 0 Å². The van der Waals surface area contributed by atoms with Gasteiger partial charge in [-0.05, 0) is 36.6 Å². The second-order valence-electron chi connectivity index (χ2n) is 7.38. The third-order valence-electron chi connectivity index (χ3n) is 5.00. The van der Waals surface area contributed by atoms with E-state index in [2.05, 4.69) is 32.6 Å². The number of halogens is 2. The Morgan fingerprint density at radius 2 is 2.20 bits per heavy atom. The Morgan fingerprint density at radius 3 is 2.93 bits per heavy atom. The van der Waals surface area contributed by atoms with Gasteiger partial charge in [-0.1, -0.05) is 24.2 Å². The van der Waals surface area contributed by atoms with E-state index in [0.717, 1.165) is 29.8 Å². The molecule has 1 aliphatic carbocycles. The molecule has 9 heteroatoms. The van der Waals surface area contributed by atoms with E-state index in [-0.39, 0.29) is 17.4 Å². The summed E-state index contributed by atoms with van der Waals surface area (Å²) in [5, 5.41) is 13.7. The van der Waals surface area contributed by atoms with Crippen LogP contribution in [-0.2, 0) is 4.79 Å². The van der Waals surface area contributed by atoms with Crippen molar-refractivity contribution in [1.29, 1.82) is 0 Å². The van der Waals surface area contributed by atoms with Crippen molar-refractivity contribution in [3.63, 3.8) is 0 Å². The molecule has 1 aliphatic heterocycles. The Bertz CT molecular complexity index is 1230. The van der Waals surface area contributed by atoms with Crippen LogP contribution < -0.4 is 16.0 Å². The Balaban J connectivity index is 1.59. The monoisotopic (exact) mass is 424 g/mol. The number of rotatable bonds is 5. The molecular weight excluding hydrogens is 407 g/mol. The number of anilines is 3. The molecule has 2 fully saturated rings. The zero-order valence-electron chi connectivity index (χ0n) is 15.9. The second-order valence-corrected chi connectivity index (χ2v) is 7.76. The first-order valence-electron chi connectivity index (χ1n) is 9.54. The molecule has 0 atom stereocenters. The van der Waals surface area contributed by atoms with Gasteiger partial charge in [0, 0.05) is 23.4 Å². The van der Waals surface area contributed by atoms with Gasteiger partial charge in [0.1, 0.15) is 17.5 Å². The normalized spacial score (nSPS) is 17.6. The highest BCUT2D eigenvalue weighted by Crippen LogP contribution is 2.31. The zero-order chi connectivity index (χ0) is 20.8. The van der Waals surface area contributed by atoms with Gasteiger partial charge in [-0.2, -0.15) is 9.61 Å². The lowest BCUT2D eigenvalue weighted by atomic mass is 10.1. The van der Waals surface area contributed by atoms with Crippen molar-refractivity contribution >= 4 is 46.6 Å². The maximum Gasteiger partial charge on any atom is 0.228 e. The van der Waals surface area contributed by atoms with E-state index in [0.29, 0.717) is 28.9 Å². The highest BCUT2D eigenvalue weighted by atomic mass is 35.5. The first-order chi connectivity index (χ1) is 14.5. The minimum atomic E-state index is -0.509. The molecule has 1 aromatic carbocycles. The molecule has 3 N–H and O–H groups in total. The summed E-state index contributed by atoms with van der Waals surface area (Å²) >= 11 is 6.09. The fourth-order valence-electron chi connectivity index (χ4n) is 3.32. The van der Waals surface area contributed by atoms with Crippen LogP contribution in [0.4, 0.5) is 21.7 Å². The number of nitrogens with zero attached hydrogens (tertiary/aromatic N) is 3. The lowest BCUT2D eigenvalue weighted by molar-refractivity contribution is -0.118. The molecule has 2 aliphatic rings. The quantitative estimate of drug-likeness (QED) is 0.570. The highest BCUT2D eigenvalue weighted by Gasteiger charge is 2.24. The molecule has 2 aromatic heterocycles. The largest absolute Gasteiger partial charge is 0.367 e. The smallest absolute Gasteiger partial charge is 0.228 e. The van der Waals surface area contributed by atoms with Gasteiger partial charge in [0.25, 0.3) is 0 Å². The second kappa shape index (κ2) is 7.14. The van der Waals surface area contributed by atoms with Crippen molar-refractivity contribution in [2.75, 3.05) is 10.6 Å². The van der Waals surface area contributed by atoms with Crippen LogP contribution in [0, 0.1) is 5.82 Å². The lowest BCUT2D eigenvalue weighted by Crippen LogP contribution is -2.10. The molecule has 152 valence electrons. The van der Waals surface area contributed by atoms with Gasteiger partial charge in [-0.25, -0.2) is 9.37 Å². The number of carbonyl (C=O) groups is 1. The fourth-order valence-corrected chi connectivity index (χ4v) is 3.50. The van der Waals surface area contributed by atoms with E-state index in [1.54, 1.807) is 22.8 Å². The number of hydrogen-bond donors (Lipinski definition) is 3. The zero-order valence-corrected chi connectivity index (χ0v) is 16.6. The minimum Gasteiger partial charge on any atom is -0.367 e. The summed E-state index contributed by atoms with van der Waals surface area (Å²) in [4.78, 5) is 16.3. The number of allylic oxidation sites excluding steroid dienone is 1. The topological polar surface area (TPSA) is 83.4 Å². The van der Waals surface area contributed by atoms with Crippen molar-refractivity contribution in [1.82, 2.24) is 19.9 Å². The number of fused-ring (bicyclic) bond motifs is 1.